The van der Waals surface area contributed by atoms with Gasteiger partial charge >= 0.3 is 0 Å². The van der Waals surface area contributed by atoms with Crippen LogP contribution in [0.2, 0.25) is 0 Å². The lowest BCUT2D eigenvalue weighted by molar-refractivity contribution is -0.857. The Morgan fingerprint density at radius 3 is 2.38 bits per heavy atom. The van der Waals surface area contributed by atoms with E-state index in [0.29, 0.717) is 24.4 Å². The monoisotopic (exact) mass is 395 g/mol. The highest BCUT2D eigenvalue weighted by atomic mass is 16.5. The maximum atomic E-state index is 13.4. The fraction of sp³-hybridized carbons (Fsp3) is 0.348. The zero-order valence-electron chi connectivity index (χ0n) is 17.3. The zero-order chi connectivity index (χ0) is 21.1. The highest BCUT2D eigenvalue weighted by Crippen LogP contribution is 2.38. The minimum atomic E-state index is -1.05. The summed E-state index contributed by atoms with van der Waals surface area (Å²) in [5.74, 6) is -1.94. The number of carbonyl (C=O) groups is 3. The van der Waals surface area contributed by atoms with Gasteiger partial charge in [-0.1, -0.05) is 30.3 Å². The van der Waals surface area contributed by atoms with Crippen LogP contribution in [0.15, 0.2) is 48.5 Å². The van der Waals surface area contributed by atoms with Crippen molar-refractivity contribution in [2.24, 2.45) is 5.92 Å². The second-order valence-electron chi connectivity index (χ2n) is 7.70. The standard InChI is InChI=1S/C23H26N2O4/c1-15-14-17(29-4)10-11-18(15)21(26)19-20(16-8-6-5-7-9-16)25(13-12-24(2)3)23(28)22(19)27/h5-11,14,19-20H,12-13H2,1-4H3/p+1. The van der Waals surface area contributed by atoms with E-state index in [4.69, 9.17) is 4.74 Å². The van der Waals surface area contributed by atoms with Gasteiger partial charge in [0.05, 0.1) is 40.3 Å². The van der Waals surface area contributed by atoms with Crippen molar-refractivity contribution in [3.05, 3.63) is 65.2 Å². The molecule has 1 amide bonds. The van der Waals surface area contributed by atoms with Gasteiger partial charge in [-0.15, -0.1) is 0 Å². The van der Waals surface area contributed by atoms with Crippen molar-refractivity contribution in [3.8, 4) is 5.75 Å². The third-order valence-electron chi connectivity index (χ3n) is 5.38. The molecule has 0 bridgehead atoms. The first kappa shape index (κ1) is 20.7. The SMILES string of the molecule is COc1ccc(C(=O)C2C(=O)C(=O)N(CC[NH+](C)C)C2c2ccccc2)c(C)c1. The van der Waals surface area contributed by atoms with Crippen molar-refractivity contribution in [2.75, 3.05) is 34.3 Å². The van der Waals surface area contributed by atoms with Crippen LogP contribution in [0.5, 0.6) is 5.75 Å². The topological polar surface area (TPSA) is 68.1 Å². The molecule has 2 unspecified atom stereocenters. The molecule has 6 nitrogen and oxygen atoms in total. The number of quaternary nitrogens is 1. The Balaban J connectivity index is 2.03. The number of amides is 1. The van der Waals surface area contributed by atoms with Gasteiger partial charge in [-0.25, -0.2) is 0 Å². The van der Waals surface area contributed by atoms with Crippen LogP contribution in [0.3, 0.4) is 0 Å². The molecule has 1 N–H and O–H groups in total. The van der Waals surface area contributed by atoms with Crippen LogP contribution in [0, 0.1) is 12.8 Å². The molecule has 1 aliphatic heterocycles. The number of Topliss-reactive ketones (excluding diaryl/α,β-unsaturated/α-hetero) is 2. The lowest BCUT2D eigenvalue weighted by atomic mass is 9.85. The van der Waals surface area contributed by atoms with Crippen molar-refractivity contribution >= 4 is 17.5 Å². The maximum absolute atomic E-state index is 13.4. The molecule has 3 rings (SSSR count). The summed E-state index contributed by atoms with van der Waals surface area (Å²) in [7, 11) is 5.54. The number of nitrogens with one attached hydrogen (secondary N) is 1. The summed E-state index contributed by atoms with van der Waals surface area (Å²) in [6.07, 6.45) is 0. The second-order valence-corrected chi connectivity index (χ2v) is 7.70. The number of hydrogen-bond donors (Lipinski definition) is 1. The maximum Gasteiger partial charge on any atom is 0.291 e. The molecule has 2 aromatic carbocycles. The molecule has 0 spiro atoms. The van der Waals surface area contributed by atoms with Gasteiger partial charge < -0.3 is 14.5 Å². The molecule has 1 aliphatic rings. The van der Waals surface area contributed by atoms with Crippen molar-refractivity contribution in [3.63, 3.8) is 0 Å². The summed E-state index contributed by atoms with van der Waals surface area (Å²) in [6, 6.07) is 13.9. The average Bonchev–Trinajstić information content (AvgIpc) is 2.97. The number of ether oxygens (including phenoxy) is 1. The molecule has 1 fully saturated rings. The summed E-state index contributed by atoms with van der Waals surface area (Å²) in [4.78, 5) is 41.9. The lowest BCUT2D eigenvalue weighted by Gasteiger charge is -2.27. The first-order valence-corrected chi connectivity index (χ1v) is 9.72. The first-order valence-electron chi connectivity index (χ1n) is 9.72. The van der Waals surface area contributed by atoms with Gasteiger partial charge in [-0.2, -0.15) is 0 Å². The number of carbonyl (C=O) groups excluding carboxylic acids is 3. The molecule has 2 aromatic rings. The summed E-state index contributed by atoms with van der Waals surface area (Å²) in [5.41, 5.74) is 1.96. The van der Waals surface area contributed by atoms with E-state index in [0.717, 1.165) is 16.0 Å². The number of likely N-dealkylation sites (tertiary alicyclic amines) is 1. The quantitative estimate of drug-likeness (QED) is 0.433. The predicted octanol–water partition coefficient (Wildman–Crippen LogP) is 1.10. The number of benzene rings is 2. The molecular formula is C23H27N2O4+. The van der Waals surface area contributed by atoms with Crippen molar-refractivity contribution < 1.29 is 24.0 Å². The largest absolute Gasteiger partial charge is 0.497 e. The Bertz CT molecular complexity index is 924. The Hall–Kier alpha value is -2.99. The smallest absolute Gasteiger partial charge is 0.291 e. The number of likely N-dealkylation sites (N-methyl/N-ethyl adjacent to an activating group) is 1. The Morgan fingerprint density at radius 2 is 1.79 bits per heavy atom. The minimum absolute atomic E-state index is 0.322. The predicted molar refractivity (Wildman–Crippen MR) is 109 cm³/mol. The van der Waals surface area contributed by atoms with E-state index in [9.17, 15) is 14.4 Å². The Labute approximate surface area is 171 Å². The number of hydrogen-bond acceptors (Lipinski definition) is 4. The van der Waals surface area contributed by atoms with Crippen molar-refractivity contribution in [1.29, 1.82) is 0 Å². The normalized spacial score (nSPS) is 19.1. The molecule has 1 saturated heterocycles. The van der Waals surface area contributed by atoms with Crippen LogP contribution < -0.4 is 9.64 Å². The van der Waals surface area contributed by atoms with E-state index >= 15 is 0 Å². The van der Waals surface area contributed by atoms with E-state index in [1.807, 2.05) is 51.4 Å². The number of nitrogens with zero attached hydrogens (tertiary/aromatic N) is 1. The van der Waals surface area contributed by atoms with Crippen molar-refractivity contribution in [1.82, 2.24) is 4.90 Å². The molecule has 6 heteroatoms. The van der Waals surface area contributed by atoms with E-state index in [1.165, 1.54) is 0 Å². The third kappa shape index (κ3) is 4.07. The fourth-order valence-electron chi connectivity index (χ4n) is 3.80. The second kappa shape index (κ2) is 8.57. The van der Waals surface area contributed by atoms with Gasteiger partial charge in [0.1, 0.15) is 11.7 Å². The van der Waals surface area contributed by atoms with Crippen LogP contribution >= 0.6 is 0 Å². The van der Waals surface area contributed by atoms with E-state index < -0.39 is 23.7 Å². The number of rotatable bonds is 7. The van der Waals surface area contributed by atoms with Crippen LogP contribution in [0.1, 0.15) is 27.5 Å². The van der Waals surface area contributed by atoms with Gasteiger partial charge in [-0.05, 0) is 36.2 Å². The molecule has 0 saturated carbocycles. The number of methoxy groups -OCH3 is 1. The van der Waals surface area contributed by atoms with Crippen LogP contribution in [-0.2, 0) is 9.59 Å². The number of aryl methyl sites for hydroxylation is 1. The molecule has 0 aromatic heterocycles. The van der Waals surface area contributed by atoms with E-state index in [1.54, 1.807) is 30.2 Å². The minimum Gasteiger partial charge on any atom is -0.497 e. The summed E-state index contributed by atoms with van der Waals surface area (Å²) >= 11 is 0. The molecule has 0 aliphatic carbocycles. The van der Waals surface area contributed by atoms with Gasteiger partial charge in [0.15, 0.2) is 5.78 Å². The molecule has 1 heterocycles. The molecular weight excluding hydrogens is 368 g/mol. The molecule has 2 atom stereocenters. The fourth-order valence-corrected chi connectivity index (χ4v) is 3.80. The summed E-state index contributed by atoms with van der Waals surface area (Å²) in [6.45, 7) is 2.91. The third-order valence-corrected chi connectivity index (χ3v) is 5.38. The van der Waals surface area contributed by atoms with Gasteiger partial charge in [0, 0.05) is 5.56 Å². The van der Waals surface area contributed by atoms with Crippen LogP contribution in [0.25, 0.3) is 0 Å². The number of ketones is 2. The molecule has 29 heavy (non-hydrogen) atoms. The lowest BCUT2D eigenvalue weighted by Crippen LogP contribution is -3.06. The van der Waals surface area contributed by atoms with Gasteiger partial charge in [0.25, 0.3) is 5.91 Å². The molecule has 152 valence electrons. The van der Waals surface area contributed by atoms with E-state index in [2.05, 4.69) is 0 Å². The summed E-state index contributed by atoms with van der Waals surface area (Å²) < 4.78 is 5.21. The average molecular weight is 395 g/mol. The van der Waals surface area contributed by atoms with Gasteiger partial charge in [-0.3, -0.25) is 14.4 Å². The Kier molecular flexibility index (Phi) is 6.13. The first-order chi connectivity index (χ1) is 13.8. The Morgan fingerprint density at radius 1 is 1.10 bits per heavy atom. The van der Waals surface area contributed by atoms with Gasteiger partial charge in [0.2, 0.25) is 5.78 Å². The highest BCUT2D eigenvalue weighted by Gasteiger charge is 2.51. The van der Waals surface area contributed by atoms with Crippen LogP contribution in [-0.4, -0.2) is 56.7 Å². The van der Waals surface area contributed by atoms with Crippen molar-refractivity contribution in [2.45, 2.75) is 13.0 Å². The zero-order valence-corrected chi connectivity index (χ0v) is 17.3. The van der Waals surface area contributed by atoms with E-state index in [-0.39, 0.29) is 5.78 Å². The molecule has 0 radical (unpaired) electrons. The van der Waals surface area contributed by atoms with Crippen LogP contribution in [0.4, 0.5) is 0 Å². The summed E-state index contributed by atoms with van der Waals surface area (Å²) in [5, 5.41) is 0. The highest BCUT2D eigenvalue weighted by molar-refractivity contribution is 6.44.